The molecule has 1 aliphatic rings. The summed E-state index contributed by atoms with van der Waals surface area (Å²) in [5.41, 5.74) is 0.723. The van der Waals surface area contributed by atoms with Gasteiger partial charge in [-0.2, -0.15) is 8.42 Å². The van der Waals surface area contributed by atoms with Crippen molar-refractivity contribution in [3.05, 3.63) is 29.8 Å². The van der Waals surface area contributed by atoms with Gasteiger partial charge >= 0.3 is 10.2 Å². The molecule has 0 unspecified atom stereocenters. The summed E-state index contributed by atoms with van der Waals surface area (Å²) in [6.07, 6.45) is 0. The molecule has 0 bridgehead atoms. The third-order valence-electron chi connectivity index (χ3n) is 2.20. The molecule has 80 valence electrons. The number of anilines is 1. The van der Waals surface area contributed by atoms with Crippen LogP contribution in [0.15, 0.2) is 24.3 Å². The largest absolute Gasteiger partial charge is 0.326 e. The molecule has 0 atom stereocenters. The van der Waals surface area contributed by atoms with Gasteiger partial charge in [0.1, 0.15) is 0 Å². The number of nitrogens with one attached hydrogen (secondary N) is 1. The van der Waals surface area contributed by atoms with Gasteiger partial charge in [-0.25, -0.2) is 4.31 Å². The van der Waals surface area contributed by atoms with Crippen LogP contribution in [-0.4, -0.2) is 25.2 Å². The van der Waals surface area contributed by atoms with E-state index in [9.17, 15) is 13.2 Å². The highest BCUT2D eigenvalue weighted by Crippen LogP contribution is 2.25. The molecule has 0 aromatic heterocycles. The molecule has 0 saturated carbocycles. The van der Waals surface area contributed by atoms with Gasteiger partial charge in [-0.1, -0.05) is 12.1 Å². The molecule has 6 heteroatoms. The SMILES string of the molecule is CCN1C(=O)c2ccccc2NS1(=O)=O. The smallest absolute Gasteiger partial charge is 0.268 e. The third-order valence-corrected chi connectivity index (χ3v) is 3.68. The van der Waals surface area contributed by atoms with Gasteiger partial charge < -0.3 is 0 Å². The monoisotopic (exact) mass is 226 g/mol. The van der Waals surface area contributed by atoms with Crippen LogP contribution in [0.1, 0.15) is 17.3 Å². The average Bonchev–Trinajstić information content (AvgIpc) is 2.17. The number of rotatable bonds is 1. The summed E-state index contributed by atoms with van der Waals surface area (Å²) in [6, 6.07) is 6.54. The van der Waals surface area contributed by atoms with Gasteiger partial charge in [-0.15, -0.1) is 0 Å². The fourth-order valence-corrected chi connectivity index (χ4v) is 2.73. The van der Waals surface area contributed by atoms with Gasteiger partial charge in [0.05, 0.1) is 11.3 Å². The summed E-state index contributed by atoms with van der Waals surface area (Å²) in [5.74, 6) is -0.480. The number of fused-ring (bicyclic) bond motifs is 1. The topological polar surface area (TPSA) is 66.5 Å². The molecule has 15 heavy (non-hydrogen) atoms. The number of hydrogen-bond donors (Lipinski definition) is 1. The maximum Gasteiger partial charge on any atom is 0.326 e. The highest BCUT2D eigenvalue weighted by atomic mass is 32.2. The van der Waals surface area contributed by atoms with Crippen molar-refractivity contribution in [2.75, 3.05) is 11.3 Å². The molecule has 0 aliphatic carbocycles. The molecule has 5 nitrogen and oxygen atoms in total. The molecule has 1 amide bonds. The van der Waals surface area contributed by atoms with Gasteiger partial charge in [0.2, 0.25) is 0 Å². The number of nitrogens with zero attached hydrogens (tertiary/aromatic N) is 1. The fourth-order valence-electron chi connectivity index (χ4n) is 1.51. The lowest BCUT2D eigenvalue weighted by molar-refractivity contribution is 0.0865. The normalized spacial score (nSPS) is 18.2. The molecule has 2 rings (SSSR count). The molecule has 0 radical (unpaired) electrons. The van der Waals surface area contributed by atoms with Crippen molar-refractivity contribution in [2.45, 2.75) is 6.92 Å². The summed E-state index contributed by atoms with van der Waals surface area (Å²) in [5, 5.41) is 0. The Balaban J connectivity index is 2.61. The van der Waals surface area contributed by atoms with Crippen LogP contribution in [-0.2, 0) is 10.2 Å². The number of hydrogen-bond acceptors (Lipinski definition) is 3. The van der Waals surface area contributed by atoms with E-state index in [2.05, 4.69) is 4.72 Å². The standard InChI is InChI=1S/C9H10N2O3S/c1-2-11-9(12)7-5-3-4-6-8(7)10-15(11,13)14/h3-6,10H,2H2,1H3. The molecule has 1 aliphatic heterocycles. The minimum Gasteiger partial charge on any atom is -0.268 e. The van der Waals surface area contributed by atoms with E-state index in [-0.39, 0.29) is 6.54 Å². The van der Waals surface area contributed by atoms with Gasteiger partial charge in [-0.05, 0) is 19.1 Å². The molecule has 1 aromatic rings. The molecule has 0 saturated heterocycles. The van der Waals surface area contributed by atoms with Gasteiger partial charge in [0, 0.05) is 6.54 Å². The van der Waals surface area contributed by atoms with Crippen molar-refractivity contribution in [3.63, 3.8) is 0 Å². The fraction of sp³-hybridized carbons (Fsp3) is 0.222. The van der Waals surface area contributed by atoms with Crippen molar-refractivity contribution >= 4 is 21.8 Å². The zero-order chi connectivity index (χ0) is 11.1. The second-order valence-electron chi connectivity index (χ2n) is 3.12. The molecule has 1 N–H and O–H groups in total. The summed E-state index contributed by atoms with van der Waals surface area (Å²) >= 11 is 0. The second kappa shape index (κ2) is 3.23. The minimum atomic E-state index is -3.70. The first-order chi connectivity index (χ1) is 7.06. The van der Waals surface area contributed by atoms with E-state index in [1.807, 2.05) is 0 Å². The van der Waals surface area contributed by atoms with E-state index in [0.717, 1.165) is 4.31 Å². The van der Waals surface area contributed by atoms with E-state index in [0.29, 0.717) is 11.3 Å². The number of carbonyl (C=O) groups excluding carboxylic acids is 1. The van der Waals surface area contributed by atoms with Gasteiger partial charge in [0.25, 0.3) is 5.91 Å². The first kappa shape index (κ1) is 9.97. The lowest BCUT2D eigenvalue weighted by atomic mass is 10.1. The van der Waals surface area contributed by atoms with Crippen molar-refractivity contribution in [1.82, 2.24) is 4.31 Å². The number of para-hydroxylation sites is 1. The third kappa shape index (κ3) is 1.46. The quantitative estimate of drug-likeness (QED) is 0.770. The highest BCUT2D eigenvalue weighted by molar-refractivity contribution is 7.91. The average molecular weight is 226 g/mol. The van der Waals surface area contributed by atoms with Crippen molar-refractivity contribution in [1.29, 1.82) is 0 Å². The summed E-state index contributed by atoms with van der Waals surface area (Å²) in [4.78, 5) is 11.8. The van der Waals surface area contributed by atoms with Crippen LogP contribution in [0.4, 0.5) is 5.69 Å². The Morgan fingerprint density at radius 2 is 2.00 bits per heavy atom. The van der Waals surface area contributed by atoms with Gasteiger partial charge in [0.15, 0.2) is 0 Å². The van der Waals surface area contributed by atoms with E-state index in [4.69, 9.17) is 0 Å². The van der Waals surface area contributed by atoms with E-state index >= 15 is 0 Å². The van der Waals surface area contributed by atoms with Crippen LogP contribution in [0.3, 0.4) is 0 Å². The minimum absolute atomic E-state index is 0.127. The molecular weight excluding hydrogens is 216 g/mol. The number of amides is 1. The van der Waals surface area contributed by atoms with Crippen LogP contribution in [0, 0.1) is 0 Å². The van der Waals surface area contributed by atoms with E-state index in [1.54, 1.807) is 31.2 Å². The maximum atomic E-state index is 11.8. The Kier molecular flexibility index (Phi) is 2.15. The summed E-state index contributed by atoms with van der Waals surface area (Å²) < 4.78 is 26.3. The summed E-state index contributed by atoms with van der Waals surface area (Å²) in [6.45, 7) is 1.74. The predicted molar refractivity (Wildman–Crippen MR) is 55.7 cm³/mol. The zero-order valence-corrected chi connectivity index (χ0v) is 8.91. The Morgan fingerprint density at radius 3 is 2.67 bits per heavy atom. The van der Waals surface area contributed by atoms with Crippen LogP contribution < -0.4 is 4.72 Å². The number of carbonyl (C=O) groups is 1. The molecule has 0 spiro atoms. The first-order valence-electron chi connectivity index (χ1n) is 4.50. The zero-order valence-electron chi connectivity index (χ0n) is 8.10. The van der Waals surface area contributed by atoms with Crippen molar-refractivity contribution in [2.24, 2.45) is 0 Å². The van der Waals surface area contributed by atoms with E-state index < -0.39 is 16.1 Å². The Labute approximate surface area is 87.9 Å². The van der Waals surface area contributed by atoms with Crippen LogP contribution in [0.2, 0.25) is 0 Å². The maximum absolute atomic E-state index is 11.8. The molecule has 0 fully saturated rings. The Hall–Kier alpha value is -1.56. The summed E-state index contributed by atoms with van der Waals surface area (Å²) in [7, 11) is -3.70. The predicted octanol–water partition coefficient (Wildman–Crippen LogP) is 0.819. The first-order valence-corrected chi connectivity index (χ1v) is 5.94. The van der Waals surface area contributed by atoms with Crippen LogP contribution in [0.5, 0.6) is 0 Å². The van der Waals surface area contributed by atoms with Crippen molar-refractivity contribution < 1.29 is 13.2 Å². The molecule has 1 heterocycles. The molecular formula is C9H10N2O3S. The second-order valence-corrected chi connectivity index (χ2v) is 4.72. The lowest BCUT2D eigenvalue weighted by Crippen LogP contribution is -2.44. The van der Waals surface area contributed by atoms with E-state index in [1.165, 1.54) is 0 Å². The molecule has 1 aromatic carbocycles. The Morgan fingerprint density at radius 1 is 1.33 bits per heavy atom. The van der Waals surface area contributed by atoms with Crippen molar-refractivity contribution in [3.8, 4) is 0 Å². The van der Waals surface area contributed by atoms with Crippen LogP contribution in [0.25, 0.3) is 0 Å². The Bertz CT molecular complexity index is 510. The number of benzene rings is 1. The lowest BCUT2D eigenvalue weighted by Gasteiger charge is -2.27. The highest BCUT2D eigenvalue weighted by Gasteiger charge is 2.33. The van der Waals surface area contributed by atoms with Gasteiger partial charge in [-0.3, -0.25) is 9.52 Å². The van der Waals surface area contributed by atoms with Crippen LogP contribution >= 0.6 is 0 Å².